The second kappa shape index (κ2) is 7.00. The van der Waals surface area contributed by atoms with Gasteiger partial charge < -0.3 is 4.90 Å². The van der Waals surface area contributed by atoms with Crippen LogP contribution in [0.2, 0.25) is 0 Å². The van der Waals surface area contributed by atoms with Crippen molar-refractivity contribution in [3.05, 3.63) is 39.6 Å². The van der Waals surface area contributed by atoms with Crippen molar-refractivity contribution < 1.29 is 13.2 Å². The van der Waals surface area contributed by atoms with Crippen LogP contribution in [0.3, 0.4) is 0 Å². The molecular weight excluding hydrogens is 360 g/mol. The quantitative estimate of drug-likeness (QED) is 0.665. The molecule has 1 amide bonds. The first kappa shape index (κ1) is 18.3. The van der Waals surface area contributed by atoms with Gasteiger partial charge in [-0.15, -0.1) is 0 Å². The van der Waals surface area contributed by atoms with Gasteiger partial charge in [0.2, 0.25) is 10.0 Å². The van der Waals surface area contributed by atoms with Crippen LogP contribution in [0.25, 0.3) is 0 Å². The molecular formula is C15H20N6O4S. The Bertz CT molecular complexity index is 932. The molecule has 2 aromatic heterocycles. The molecule has 1 fully saturated rings. The predicted octanol–water partition coefficient (Wildman–Crippen LogP) is -0.307. The molecule has 3 N–H and O–H groups in total. The maximum Gasteiger partial charge on any atom is 0.274 e. The topological polar surface area (TPSA) is 141 Å². The minimum atomic E-state index is -3.67. The highest BCUT2D eigenvalue weighted by Gasteiger charge is 2.29. The molecule has 140 valence electrons. The van der Waals surface area contributed by atoms with E-state index >= 15 is 0 Å². The Labute approximate surface area is 150 Å². The summed E-state index contributed by atoms with van der Waals surface area (Å²) in [6, 6.07) is 2.36. The van der Waals surface area contributed by atoms with Crippen molar-refractivity contribution >= 4 is 15.9 Å². The van der Waals surface area contributed by atoms with Crippen molar-refractivity contribution in [1.29, 1.82) is 0 Å². The number of piperidine rings is 1. The van der Waals surface area contributed by atoms with Crippen LogP contribution in [0.1, 0.15) is 34.7 Å². The van der Waals surface area contributed by atoms with Crippen LogP contribution >= 0.6 is 0 Å². The van der Waals surface area contributed by atoms with Gasteiger partial charge in [-0.1, -0.05) is 0 Å². The highest BCUT2D eigenvalue weighted by molar-refractivity contribution is 7.89. The van der Waals surface area contributed by atoms with Crippen LogP contribution < -0.4 is 10.3 Å². The molecule has 0 spiro atoms. The lowest BCUT2D eigenvalue weighted by Crippen LogP contribution is -2.46. The van der Waals surface area contributed by atoms with Gasteiger partial charge in [0.25, 0.3) is 11.5 Å². The normalized spacial score (nSPS) is 16.0. The van der Waals surface area contributed by atoms with E-state index in [9.17, 15) is 18.0 Å². The van der Waals surface area contributed by atoms with E-state index in [2.05, 4.69) is 25.1 Å². The summed E-state index contributed by atoms with van der Waals surface area (Å²) < 4.78 is 27.9. The van der Waals surface area contributed by atoms with Crippen molar-refractivity contribution in [2.75, 3.05) is 13.1 Å². The smallest absolute Gasteiger partial charge is 0.274 e. The molecule has 11 heteroatoms. The SMILES string of the molecule is Cc1n[nH]c(C)c1S(=O)(=O)NC1CCN(C(=O)c2ccc(=O)[nH]n2)CC1. The third-order valence-electron chi connectivity index (χ3n) is 4.33. The van der Waals surface area contributed by atoms with Crippen molar-refractivity contribution in [3.8, 4) is 0 Å². The van der Waals surface area contributed by atoms with Crippen LogP contribution in [0.15, 0.2) is 21.8 Å². The van der Waals surface area contributed by atoms with Crippen molar-refractivity contribution in [1.82, 2.24) is 30.0 Å². The highest BCUT2D eigenvalue weighted by atomic mass is 32.2. The number of hydrogen-bond acceptors (Lipinski definition) is 6. The maximum absolute atomic E-state index is 12.6. The van der Waals surface area contributed by atoms with E-state index in [1.54, 1.807) is 18.7 Å². The second-order valence-electron chi connectivity index (χ2n) is 6.26. The standard InChI is InChI=1S/C15H20N6O4S/c1-9-14(10(2)17-16-9)26(24,25)20-11-5-7-21(8-6-11)15(23)12-3-4-13(22)19-18-12/h3-4,11,20H,5-8H2,1-2H3,(H,16,17)(H,19,22). The number of aromatic amines is 2. The van der Waals surface area contributed by atoms with E-state index < -0.39 is 10.0 Å². The molecule has 0 radical (unpaired) electrons. The van der Waals surface area contributed by atoms with Crippen LogP contribution in [0, 0.1) is 13.8 Å². The Kier molecular flexibility index (Phi) is 4.92. The summed E-state index contributed by atoms with van der Waals surface area (Å²) in [6.45, 7) is 4.09. The Morgan fingerprint density at radius 2 is 1.88 bits per heavy atom. The molecule has 0 aromatic carbocycles. The summed E-state index contributed by atoms with van der Waals surface area (Å²) in [5.41, 5.74) is 0.700. The zero-order valence-corrected chi connectivity index (χ0v) is 15.3. The van der Waals surface area contributed by atoms with Gasteiger partial charge in [0.15, 0.2) is 0 Å². The molecule has 10 nitrogen and oxygen atoms in total. The van der Waals surface area contributed by atoms with Crippen LogP contribution in [0.4, 0.5) is 0 Å². The number of carbonyl (C=O) groups excluding carboxylic acids is 1. The average Bonchev–Trinajstić information content (AvgIpc) is 2.95. The molecule has 0 saturated carbocycles. The Hall–Kier alpha value is -2.53. The van der Waals surface area contributed by atoms with E-state index in [0.717, 1.165) is 0 Å². The van der Waals surface area contributed by atoms with Gasteiger partial charge in [0, 0.05) is 25.2 Å². The number of aromatic nitrogens is 4. The average molecular weight is 380 g/mol. The van der Waals surface area contributed by atoms with E-state index in [-0.39, 0.29) is 28.1 Å². The third kappa shape index (κ3) is 3.68. The number of rotatable bonds is 4. The van der Waals surface area contributed by atoms with Crippen molar-refractivity contribution in [2.45, 2.75) is 37.6 Å². The van der Waals surface area contributed by atoms with Crippen molar-refractivity contribution in [3.63, 3.8) is 0 Å². The first-order valence-electron chi connectivity index (χ1n) is 8.17. The fourth-order valence-corrected chi connectivity index (χ4v) is 4.72. The van der Waals surface area contributed by atoms with E-state index in [4.69, 9.17) is 0 Å². The van der Waals surface area contributed by atoms with Gasteiger partial charge in [-0.25, -0.2) is 18.2 Å². The van der Waals surface area contributed by atoms with Gasteiger partial charge in [-0.05, 0) is 32.8 Å². The third-order valence-corrected chi connectivity index (χ3v) is 6.11. The van der Waals surface area contributed by atoms with Gasteiger partial charge in [0.05, 0.1) is 11.4 Å². The van der Waals surface area contributed by atoms with Crippen molar-refractivity contribution in [2.24, 2.45) is 0 Å². The fraction of sp³-hybridized carbons (Fsp3) is 0.467. The fourth-order valence-electron chi connectivity index (χ4n) is 3.04. The number of nitrogens with zero attached hydrogens (tertiary/aromatic N) is 3. The van der Waals surface area contributed by atoms with Crippen LogP contribution in [-0.2, 0) is 10.0 Å². The molecule has 0 atom stereocenters. The second-order valence-corrected chi connectivity index (χ2v) is 7.91. The molecule has 0 unspecified atom stereocenters. The summed E-state index contributed by atoms with van der Waals surface area (Å²) in [5, 5.41) is 12.6. The summed E-state index contributed by atoms with van der Waals surface area (Å²) in [5.74, 6) is -0.288. The summed E-state index contributed by atoms with van der Waals surface area (Å²) >= 11 is 0. The molecule has 3 heterocycles. The zero-order valence-electron chi connectivity index (χ0n) is 14.4. The number of sulfonamides is 1. The first-order chi connectivity index (χ1) is 12.3. The van der Waals surface area contributed by atoms with Gasteiger partial charge in [-0.3, -0.25) is 14.7 Å². The van der Waals surface area contributed by atoms with Gasteiger partial charge in [0.1, 0.15) is 10.6 Å². The molecule has 0 aliphatic carbocycles. The first-order valence-corrected chi connectivity index (χ1v) is 9.65. The zero-order chi connectivity index (χ0) is 18.9. The summed E-state index contributed by atoms with van der Waals surface area (Å²) in [6.07, 6.45) is 0.981. The molecule has 3 rings (SSSR count). The number of hydrogen-bond donors (Lipinski definition) is 3. The Balaban J connectivity index is 1.63. The highest BCUT2D eigenvalue weighted by Crippen LogP contribution is 2.19. The Morgan fingerprint density at radius 3 is 2.42 bits per heavy atom. The lowest BCUT2D eigenvalue weighted by molar-refractivity contribution is 0.0704. The molecule has 2 aromatic rings. The van der Waals surface area contributed by atoms with Crippen LogP contribution in [-0.4, -0.2) is 58.8 Å². The lowest BCUT2D eigenvalue weighted by atomic mass is 10.1. The van der Waals surface area contributed by atoms with Gasteiger partial charge in [-0.2, -0.15) is 10.2 Å². The minimum Gasteiger partial charge on any atom is -0.337 e. The molecule has 1 aliphatic heterocycles. The van der Waals surface area contributed by atoms with E-state index in [0.29, 0.717) is 37.3 Å². The molecule has 26 heavy (non-hydrogen) atoms. The number of carbonyl (C=O) groups is 1. The summed E-state index contributed by atoms with van der Waals surface area (Å²) in [7, 11) is -3.67. The number of nitrogens with one attached hydrogen (secondary N) is 3. The van der Waals surface area contributed by atoms with Gasteiger partial charge >= 0.3 is 0 Å². The minimum absolute atomic E-state index is 0.160. The van der Waals surface area contributed by atoms with E-state index in [1.165, 1.54) is 12.1 Å². The maximum atomic E-state index is 12.6. The van der Waals surface area contributed by atoms with E-state index in [1.807, 2.05) is 0 Å². The number of H-pyrrole nitrogens is 2. The molecule has 1 saturated heterocycles. The predicted molar refractivity (Wildman–Crippen MR) is 92.2 cm³/mol. The molecule has 0 bridgehead atoms. The monoisotopic (exact) mass is 380 g/mol. The molecule has 1 aliphatic rings. The van der Waals surface area contributed by atoms with Crippen LogP contribution in [0.5, 0.6) is 0 Å². The number of amides is 1. The largest absolute Gasteiger partial charge is 0.337 e. The Morgan fingerprint density at radius 1 is 1.19 bits per heavy atom. The summed E-state index contributed by atoms with van der Waals surface area (Å²) in [4.78, 5) is 25.2. The number of aryl methyl sites for hydroxylation is 2. The number of likely N-dealkylation sites (tertiary alicyclic amines) is 1. The lowest BCUT2D eigenvalue weighted by Gasteiger charge is -2.32.